The standard InChI is InChI=1S/C17H21ClN4O2S/c1-3-22-16(21-8-10-24-11-9-21)19-20-17(22)25-12(2)15(23)13-4-6-14(18)7-5-13/h4-7,12H,3,8-11H2,1-2H3/t12-/m1/s1. The summed E-state index contributed by atoms with van der Waals surface area (Å²) in [4.78, 5) is 14.8. The van der Waals surface area contributed by atoms with Gasteiger partial charge >= 0.3 is 0 Å². The van der Waals surface area contributed by atoms with E-state index in [-0.39, 0.29) is 11.0 Å². The number of benzene rings is 1. The minimum atomic E-state index is -0.256. The molecule has 2 heterocycles. The molecule has 0 N–H and O–H groups in total. The summed E-state index contributed by atoms with van der Waals surface area (Å²) < 4.78 is 7.45. The van der Waals surface area contributed by atoms with E-state index in [0.29, 0.717) is 23.8 Å². The Morgan fingerprint density at radius 1 is 1.28 bits per heavy atom. The fraction of sp³-hybridized carbons (Fsp3) is 0.471. The van der Waals surface area contributed by atoms with Gasteiger partial charge in [-0.25, -0.2) is 0 Å². The molecule has 1 aliphatic rings. The van der Waals surface area contributed by atoms with E-state index in [1.165, 1.54) is 11.8 Å². The van der Waals surface area contributed by atoms with Crippen LogP contribution < -0.4 is 4.90 Å². The summed E-state index contributed by atoms with van der Waals surface area (Å²) in [7, 11) is 0. The van der Waals surface area contributed by atoms with Crippen molar-refractivity contribution in [3.8, 4) is 0 Å². The first-order valence-corrected chi connectivity index (χ1v) is 9.58. The molecule has 2 aromatic rings. The number of hydrogen-bond donors (Lipinski definition) is 0. The predicted octanol–water partition coefficient (Wildman–Crippen LogP) is 3.15. The summed E-state index contributed by atoms with van der Waals surface area (Å²) in [5.74, 6) is 0.902. The van der Waals surface area contributed by atoms with Gasteiger partial charge in [-0.2, -0.15) is 0 Å². The Labute approximate surface area is 156 Å². The lowest BCUT2D eigenvalue weighted by Gasteiger charge is -2.27. The van der Waals surface area contributed by atoms with Gasteiger partial charge in [0.25, 0.3) is 0 Å². The van der Waals surface area contributed by atoms with Crippen molar-refractivity contribution >= 4 is 35.1 Å². The zero-order valence-corrected chi connectivity index (χ0v) is 15.9. The van der Waals surface area contributed by atoms with Gasteiger partial charge in [0, 0.05) is 30.2 Å². The molecule has 0 spiro atoms. The first kappa shape index (κ1) is 18.2. The van der Waals surface area contributed by atoms with Gasteiger partial charge in [0.15, 0.2) is 10.9 Å². The SMILES string of the molecule is CCn1c(S[C@H](C)C(=O)c2ccc(Cl)cc2)nnc1N1CCOCC1. The molecular weight excluding hydrogens is 360 g/mol. The molecule has 1 aliphatic heterocycles. The van der Waals surface area contributed by atoms with Crippen LogP contribution in [0.2, 0.25) is 5.02 Å². The number of hydrogen-bond acceptors (Lipinski definition) is 6. The van der Waals surface area contributed by atoms with Crippen LogP contribution in [0.25, 0.3) is 0 Å². The molecule has 1 aromatic carbocycles. The molecule has 1 fully saturated rings. The number of thioether (sulfide) groups is 1. The van der Waals surface area contributed by atoms with Crippen LogP contribution in [0.4, 0.5) is 5.95 Å². The van der Waals surface area contributed by atoms with Gasteiger partial charge in [0.2, 0.25) is 5.95 Å². The highest BCUT2D eigenvalue weighted by atomic mass is 35.5. The number of halogens is 1. The van der Waals surface area contributed by atoms with Gasteiger partial charge in [-0.15, -0.1) is 10.2 Å². The van der Waals surface area contributed by atoms with Crippen LogP contribution in [0.15, 0.2) is 29.4 Å². The van der Waals surface area contributed by atoms with E-state index in [4.69, 9.17) is 16.3 Å². The number of anilines is 1. The second-order valence-electron chi connectivity index (χ2n) is 5.76. The number of ether oxygens (including phenoxy) is 1. The Balaban J connectivity index is 1.74. The Morgan fingerprint density at radius 3 is 2.60 bits per heavy atom. The Hall–Kier alpha value is -1.57. The molecule has 0 aliphatic carbocycles. The van der Waals surface area contributed by atoms with Crippen LogP contribution in [0, 0.1) is 0 Å². The van der Waals surface area contributed by atoms with Crippen molar-refractivity contribution in [2.75, 3.05) is 31.2 Å². The van der Waals surface area contributed by atoms with Crippen LogP contribution in [0.5, 0.6) is 0 Å². The Bertz CT molecular complexity index is 729. The third kappa shape index (κ3) is 4.16. The summed E-state index contributed by atoms with van der Waals surface area (Å²) in [5, 5.41) is 9.78. The molecule has 1 aromatic heterocycles. The highest BCUT2D eigenvalue weighted by Gasteiger charge is 2.23. The summed E-state index contributed by atoms with van der Waals surface area (Å²) in [6.45, 7) is 7.72. The number of rotatable bonds is 6. The van der Waals surface area contributed by atoms with Crippen molar-refractivity contribution in [3.63, 3.8) is 0 Å². The number of ketones is 1. The number of Topliss-reactive ketones (excluding diaryl/α,β-unsaturated/α-hetero) is 1. The van der Waals surface area contributed by atoms with Crippen molar-refractivity contribution in [1.82, 2.24) is 14.8 Å². The van der Waals surface area contributed by atoms with Gasteiger partial charge in [-0.05, 0) is 38.1 Å². The summed E-state index contributed by atoms with van der Waals surface area (Å²) in [6, 6.07) is 6.98. The fourth-order valence-electron chi connectivity index (χ4n) is 2.70. The fourth-order valence-corrected chi connectivity index (χ4v) is 3.81. The van der Waals surface area contributed by atoms with Crippen LogP contribution in [0.1, 0.15) is 24.2 Å². The lowest BCUT2D eigenvalue weighted by atomic mass is 10.1. The molecule has 134 valence electrons. The average molecular weight is 381 g/mol. The van der Waals surface area contributed by atoms with Crippen molar-refractivity contribution in [1.29, 1.82) is 0 Å². The van der Waals surface area contributed by atoms with E-state index in [9.17, 15) is 4.79 Å². The normalized spacial score (nSPS) is 16.0. The van der Waals surface area contributed by atoms with Gasteiger partial charge in [0.1, 0.15) is 0 Å². The lowest BCUT2D eigenvalue weighted by Crippen LogP contribution is -2.38. The summed E-state index contributed by atoms with van der Waals surface area (Å²) in [6.07, 6.45) is 0. The maximum Gasteiger partial charge on any atom is 0.228 e. The molecule has 1 saturated heterocycles. The van der Waals surface area contributed by atoms with Crippen molar-refractivity contribution < 1.29 is 9.53 Å². The molecule has 25 heavy (non-hydrogen) atoms. The van der Waals surface area contributed by atoms with Gasteiger partial charge in [-0.1, -0.05) is 23.4 Å². The largest absolute Gasteiger partial charge is 0.378 e. The highest BCUT2D eigenvalue weighted by molar-refractivity contribution is 8.00. The third-order valence-corrected chi connectivity index (χ3v) is 5.42. The molecule has 6 nitrogen and oxygen atoms in total. The number of carbonyl (C=O) groups excluding carboxylic acids is 1. The zero-order chi connectivity index (χ0) is 17.8. The first-order valence-electron chi connectivity index (χ1n) is 8.32. The molecular formula is C17H21ClN4O2S. The van der Waals surface area contributed by atoms with E-state index in [2.05, 4.69) is 26.6 Å². The van der Waals surface area contributed by atoms with Crippen LogP contribution in [-0.4, -0.2) is 52.1 Å². The number of nitrogens with zero attached hydrogens (tertiary/aromatic N) is 4. The van der Waals surface area contributed by atoms with Crippen LogP contribution in [0.3, 0.4) is 0 Å². The van der Waals surface area contributed by atoms with E-state index in [0.717, 1.165) is 30.7 Å². The minimum Gasteiger partial charge on any atom is -0.378 e. The maximum absolute atomic E-state index is 12.6. The molecule has 8 heteroatoms. The number of aromatic nitrogens is 3. The van der Waals surface area contributed by atoms with E-state index >= 15 is 0 Å². The smallest absolute Gasteiger partial charge is 0.228 e. The lowest BCUT2D eigenvalue weighted by molar-refractivity contribution is 0.0994. The molecule has 0 amide bonds. The topological polar surface area (TPSA) is 60.2 Å². The molecule has 1 atom stereocenters. The van der Waals surface area contributed by atoms with Crippen LogP contribution in [-0.2, 0) is 11.3 Å². The quantitative estimate of drug-likeness (QED) is 0.566. The van der Waals surface area contributed by atoms with E-state index < -0.39 is 0 Å². The first-order chi connectivity index (χ1) is 12.1. The highest BCUT2D eigenvalue weighted by Crippen LogP contribution is 2.28. The van der Waals surface area contributed by atoms with E-state index in [1.54, 1.807) is 24.3 Å². The van der Waals surface area contributed by atoms with Crippen molar-refractivity contribution in [3.05, 3.63) is 34.9 Å². The van der Waals surface area contributed by atoms with Gasteiger partial charge < -0.3 is 9.64 Å². The summed E-state index contributed by atoms with van der Waals surface area (Å²) >= 11 is 7.33. The van der Waals surface area contributed by atoms with Crippen molar-refractivity contribution in [2.24, 2.45) is 0 Å². The second-order valence-corrected chi connectivity index (χ2v) is 7.50. The van der Waals surface area contributed by atoms with Gasteiger partial charge in [0.05, 0.1) is 18.5 Å². The monoisotopic (exact) mass is 380 g/mol. The second kappa shape index (κ2) is 8.21. The molecule has 0 bridgehead atoms. The molecule has 0 unspecified atom stereocenters. The number of carbonyl (C=O) groups is 1. The third-order valence-electron chi connectivity index (χ3n) is 4.09. The van der Waals surface area contributed by atoms with Crippen molar-refractivity contribution in [2.45, 2.75) is 30.8 Å². The number of morpholine rings is 1. The molecule has 0 saturated carbocycles. The zero-order valence-electron chi connectivity index (χ0n) is 14.3. The Morgan fingerprint density at radius 2 is 1.96 bits per heavy atom. The van der Waals surface area contributed by atoms with E-state index in [1.807, 2.05) is 6.92 Å². The molecule has 3 rings (SSSR count). The Kier molecular flexibility index (Phi) is 5.98. The van der Waals surface area contributed by atoms with Crippen LogP contribution >= 0.6 is 23.4 Å². The minimum absolute atomic E-state index is 0.0558. The summed E-state index contributed by atoms with van der Waals surface area (Å²) in [5.41, 5.74) is 0.653. The average Bonchev–Trinajstić information content (AvgIpc) is 3.05. The molecule has 0 radical (unpaired) electrons. The maximum atomic E-state index is 12.6. The predicted molar refractivity (Wildman–Crippen MR) is 99.8 cm³/mol. The van der Waals surface area contributed by atoms with Gasteiger partial charge in [-0.3, -0.25) is 9.36 Å².